The Balaban J connectivity index is 1.88. The van der Waals surface area contributed by atoms with Crippen molar-refractivity contribution >= 4 is 17.2 Å². The Hall–Kier alpha value is -2.53. The number of phenols is 1. The first-order chi connectivity index (χ1) is 11.1. The normalized spacial score (nSPS) is 10.7. The maximum Gasteiger partial charge on any atom is 0.258 e. The summed E-state index contributed by atoms with van der Waals surface area (Å²) in [5.41, 5.74) is 1.22. The van der Waals surface area contributed by atoms with Crippen molar-refractivity contribution < 1.29 is 14.3 Å². The van der Waals surface area contributed by atoms with Crippen molar-refractivity contribution in [1.29, 1.82) is 0 Å². The van der Waals surface area contributed by atoms with Gasteiger partial charge < -0.3 is 14.4 Å². The molecule has 0 saturated carbocycles. The Morgan fingerprint density at radius 1 is 1.22 bits per heavy atom. The molecule has 0 unspecified atom stereocenters. The minimum absolute atomic E-state index is 0.00521. The highest BCUT2D eigenvalue weighted by atomic mass is 32.1. The second-order valence-corrected chi connectivity index (χ2v) is 6.37. The van der Waals surface area contributed by atoms with Crippen LogP contribution in [0.2, 0.25) is 0 Å². The zero-order chi connectivity index (χ0) is 16.2. The van der Waals surface area contributed by atoms with Crippen molar-refractivity contribution in [1.82, 2.24) is 4.90 Å². The fraction of sp³-hybridized carbons (Fsp3) is 0.167. The van der Waals surface area contributed by atoms with Gasteiger partial charge in [0.1, 0.15) is 11.5 Å². The summed E-state index contributed by atoms with van der Waals surface area (Å²) in [7, 11) is 0. The lowest BCUT2D eigenvalue weighted by Gasteiger charge is -2.21. The van der Waals surface area contributed by atoms with E-state index in [1.807, 2.05) is 36.6 Å². The first kappa shape index (κ1) is 15.4. The van der Waals surface area contributed by atoms with Gasteiger partial charge in [0.05, 0.1) is 24.9 Å². The number of aromatic hydroxyl groups is 1. The lowest BCUT2D eigenvalue weighted by atomic mass is 10.1. The maximum absolute atomic E-state index is 12.9. The van der Waals surface area contributed by atoms with E-state index in [-0.39, 0.29) is 11.7 Å². The number of amides is 1. The van der Waals surface area contributed by atoms with Gasteiger partial charge in [0.15, 0.2) is 0 Å². The minimum atomic E-state index is -0.215. The predicted molar refractivity (Wildman–Crippen MR) is 89.4 cm³/mol. The SMILES string of the molecule is Cc1ccc(C(=O)N(Cc2ccco2)Cc2cccs2)c(O)c1. The molecule has 0 saturated heterocycles. The quantitative estimate of drug-likeness (QED) is 0.764. The van der Waals surface area contributed by atoms with Crippen molar-refractivity contribution in [2.45, 2.75) is 20.0 Å². The number of rotatable bonds is 5. The third kappa shape index (κ3) is 3.63. The number of aryl methyl sites for hydroxylation is 1. The van der Waals surface area contributed by atoms with Gasteiger partial charge in [0.25, 0.3) is 5.91 Å². The Labute approximate surface area is 138 Å². The van der Waals surface area contributed by atoms with E-state index in [0.29, 0.717) is 24.4 Å². The second kappa shape index (κ2) is 6.71. The lowest BCUT2D eigenvalue weighted by molar-refractivity contribution is 0.0716. The second-order valence-electron chi connectivity index (χ2n) is 5.34. The molecule has 1 amide bonds. The average molecular weight is 327 g/mol. The maximum atomic E-state index is 12.9. The van der Waals surface area contributed by atoms with Gasteiger partial charge in [-0.15, -0.1) is 11.3 Å². The predicted octanol–water partition coefficient (Wildman–Crippen LogP) is 4.20. The molecule has 1 N–H and O–H groups in total. The van der Waals surface area contributed by atoms with Gasteiger partial charge >= 0.3 is 0 Å². The summed E-state index contributed by atoms with van der Waals surface area (Å²) in [6.07, 6.45) is 1.59. The molecule has 3 rings (SSSR count). The van der Waals surface area contributed by atoms with Crippen LogP contribution in [0.4, 0.5) is 0 Å². The third-order valence-corrected chi connectivity index (χ3v) is 4.39. The van der Waals surface area contributed by atoms with E-state index in [1.165, 1.54) is 0 Å². The van der Waals surface area contributed by atoms with Crippen molar-refractivity contribution in [3.63, 3.8) is 0 Å². The fourth-order valence-electron chi connectivity index (χ4n) is 2.37. The van der Waals surface area contributed by atoms with Crippen LogP contribution < -0.4 is 0 Å². The van der Waals surface area contributed by atoms with Gasteiger partial charge in [-0.05, 0) is 48.2 Å². The molecule has 0 fully saturated rings. The molecule has 2 aromatic heterocycles. The standard InChI is InChI=1S/C18H17NO3S/c1-13-6-7-16(17(20)10-13)18(21)19(11-14-4-2-8-22-14)12-15-5-3-9-23-15/h2-10,20H,11-12H2,1H3. The molecular weight excluding hydrogens is 310 g/mol. The van der Waals surface area contributed by atoms with E-state index in [0.717, 1.165) is 10.4 Å². The Kier molecular flexibility index (Phi) is 4.48. The van der Waals surface area contributed by atoms with E-state index in [4.69, 9.17) is 4.42 Å². The number of thiophene rings is 1. The zero-order valence-corrected chi connectivity index (χ0v) is 13.5. The Morgan fingerprint density at radius 2 is 2.09 bits per heavy atom. The summed E-state index contributed by atoms with van der Waals surface area (Å²) < 4.78 is 5.37. The molecule has 23 heavy (non-hydrogen) atoms. The van der Waals surface area contributed by atoms with E-state index in [2.05, 4.69) is 0 Å². The molecular formula is C18H17NO3S. The highest BCUT2D eigenvalue weighted by molar-refractivity contribution is 7.09. The minimum Gasteiger partial charge on any atom is -0.507 e. The van der Waals surface area contributed by atoms with Gasteiger partial charge in [-0.2, -0.15) is 0 Å². The van der Waals surface area contributed by atoms with Crippen LogP contribution in [0.5, 0.6) is 5.75 Å². The molecule has 118 valence electrons. The van der Waals surface area contributed by atoms with Crippen molar-refractivity contribution in [2.24, 2.45) is 0 Å². The molecule has 0 aliphatic rings. The van der Waals surface area contributed by atoms with Gasteiger partial charge in [0, 0.05) is 4.88 Å². The number of furan rings is 1. The largest absolute Gasteiger partial charge is 0.507 e. The van der Waals surface area contributed by atoms with Crippen LogP contribution in [0.25, 0.3) is 0 Å². The summed E-state index contributed by atoms with van der Waals surface area (Å²) in [5, 5.41) is 12.1. The Morgan fingerprint density at radius 3 is 2.74 bits per heavy atom. The van der Waals surface area contributed by atoms with E-state index in [1.54, 1.807) is 40.7 Å². The van der Waals surface area contributed by atoms with Crippen molar-refractivity contribution in [3.8, 4) is 5.75 Å². The number of hydrogen-bond donors (Lipinski definition) is 1. The van der Waals surface area contributed by atoms with Crippen LogP contribution >= 0.6 is 11.3 Å². The summed E-state index contributed by atoms with van der Waals surface area (Å²) in [5.74, 6) is 0.499. The molecule has 0 radical (unpaired) electrons. The molecule has 1 aromatic carbocycles. The van der Waals surface area contributed by atoms with Gasteiger partial charge in [0.2, 0.25) is 0 Å². The smallest absolute Gasteiger partial charge is 0.258 e. The number of phenolic OH excluding ortho intramolecular Hbond substituents is 1. The Bertz CT molecular complexity index is 742. The lowest BCUT2D eigenvalue weighted by Crippen LogP contribution is -2.29. The van der Waals surface area contributed by atoms with Crippen LogP contribution in [0.15, 0.2) is 58.5 Å². The molecule has 4 nitrogen and oxygen atoms in total. The number of nitrogens with zero attached hydrogens (tertiary/aromatic N) is 1. The number of benzene rings is 1. The van der Waals surface area contributed by atoms with Crippen LogP contribution in [0.1, 0.15) is 26.6 Å². The first-order valence-corrected chi connectivity index (χ1v) is 8.15. The number of hydrogen-bond acceptors (Lipinski definition) is 4. The summed E-state index contributed by atoms with van der Waals surface area (Å²) >= 11 is 1.60. The summed E-state index contributed by atoms with van der Waals surface area (Å²) in [6.45, 7) is 2.71. The molecule has 0 spiro atoms. The number of carbonyl (C=O) groups excluding carboxylic acids is 1. The first-order valence-electron chi connectivity index (χ1n) is 7.27. The molecule has 2 heterocycles. The van der Waals surface area contributed by atoms with Crippen molar-refractivity contribution in [2.75, 3.05) is 0 Å². The van der Waals surface area contributed by atoms with E-state index in [9.17, 15) is 9.90 Å². The van der Waals surface area contributed by atoms with Crippen LogP contribution in [0, 0.1) is 6.92 Å². The molecule has 0 bridgehead atoms. The highest BCUT2D eigenvalue weighted by Crippen LogP contribution is 2.23. The van der Waals surface area contributed by atoms with E-state index < -0.39 is 0 Å². The van der Waals surface area contributed by atoms with Crippen LogP contribution in [-0.2, 0) is 13.1 Å². The highest BCUT2D eigenvalue weighted by Gasteiger charge is 2.21. The molecule has 5 heteroatoms. The van der Waals surface area contributed by atoms with Crippen molar-refractivity contribution in [3.05, 3.63) is 75.9 Å². The molecule has 0 atom stereocenters. The van der Waals surface area contributed by atoms with Crippen LogP contribution in [0.3, 0.4) is 0 Å². The van der Waals surface area contributed by atoms with E-state index >= 15 is 0 Å². The molecule has 0 aliphatic heterocycles. The fourth-order valence-corrected chi connectivity index (χ4v) is 3.09. The summed E-state index contributed by atoms with van der Waals surface area (Å²) in [6, 6.07) is 12.7. The molecule has 3 aromatic rings. The number of carbonyl (C=O) groups is 1. The van der Waals surface area contributed by atoms with Gasteiger partial charge in [-0.1, -0.05) is 12.1 Å². The van der Waals surface area contributed by atoms with Gasteiger partial charge in [-0.3, -0.25) is 4.79 Å². The topological polar surface area (TPSA) is 53.7 Å². The average Bonchev–Trinajstić information content (AvgIpc) is 3.19. The van der Waals surface area contributed by atoms with Crippen LogP contribution in [-0.4, -0.2) is 15.9 Å². The summed E-state index contributed by atoms with van der Waals surface area (Å²) in [4.78, 5) is 15.6. The third-order valence-electron chi connectivity index (χ3n) is 3.52. The monoisotopic (exact) mass is 327 g/mol. The molecule has 0 aliphatic carbocycles. The zero-order valence-electron chi connectivity index (χ0n) is 12.7. The van der Waals surface area contributed by atoms with Gasteiger partial charge in [-0.25, -0.2) is 0 Å².